The Morgan fingerprint density at radius 3 is 2.48 bits per heavy atom. The van der Waals surface area contributed by atoms with Crippen LogP contribution in [0.15, 0.2) is 53.7 Å². The molecule has 0 saturated heterocycles. The minimum Gasteiger partial charge on any atom is -0.494 e. The first-order valence-electron chi connectivity index (χ1n) is 9.23. The first kappa shape index (κ1) is 21.2. The molecule has 3 rings (SSSR count). The molecule has 152 valence electrons. The number of hydrogen-bond donors (Lipinski definition) is 0. The second-order valence-corrected chi connectivity index (χ2v) is 8.26. The van der Waals surface area contributed by atoms with Crippen LogP contribution < -0.4 is 4.74 Å². The van der Waals surface area contributed by atoms with Crippen molar-refractivity contribution in [3.05, 3.63) is 53.6 Å². The van der Waals surface area contributed by atoms with Gasteiger partial charge in [0.15, 0.2) is 11.0 Å². The van der Waals surface area contributed by atoms with Crippen LogP contribution in [0.1, 0.15) is 13.8 Å². The van der Waals surface area contributed by atoms with Crippen LogP contribution in [-0.4, -0.2) is 51.5 Å². The summed E-state index contributed by atoms with van der Waals surface area (Å²) in [6, 6.07) is 15.2. The van der Waals surface area contributed by atoms with Gasteiger partial charge in [0, 0.05) is 25.3 Å². The van der Waals surface area contributed by atoms with Gasteiger partial charge in [-0.05, 0) is 50.2 Å². The summed E-state index contributed by atoms with van der Waals surface area (Å²) >= 11 is 7.78. The molecular weight excluding hydrogens is 408 g/mol. The third-order valence-electron chi connectivity index (χ3n) is 4.22. The van der Waals surface area contributed by atoms with Crippen molar-refractivity contribution >= 4 is 29.3 Å². The number of thioether (sulfide) groups is 1. The second-order valence-electron chi connectivity index (χ2n) is 6.54. The zero-order valence-electron chi connectivity index (χ0n) is 16.8. The summed E-state index contributed by atoms with van der Waals surface area (Å²) in [7, 11) is 3.48. The molecule has 0 spiro atoms. The highest BCUT2D eigenvalue weighted by atomic mass is 35.5. The van der Waals surface area contributed by atoms with Gasteiger partial charge in [-0.3, -0.25) is 9.36 Å². The lowest BCUT2D eigenvalue weighted by Gasteiger charge is -2.17. The van der Waals surface area contributed by atoms with E-state index < -0.39 is 0 Å². The first-order valence-corrected chi connectivity index (χ1v) is 10.5. The fraction of sp³-hybridized carbons (Fsp3) is 0.286. The molecule has 1 amide bonds. The van der Waals surface area contributed by atoms with Crippen LogP contribution in [-0.2, 0) is 4.79 Å². The van der Waals surface area contributed by atoms with Crippen molar-refractivity contribution in [1.82, 2.24) is 19.7 Å². The minimum atomic E-state index is -0.310. The summed E-state index contributed by atoms with van der Waals surface area (Å²) in [5, 5.41) is 9.65. The van der Waals surface area contributed by atoms with Gasteiger partial charge in [-0.15, -0.1) is 10.2 Å². The van der Waals surface area contributed by atoms with Crippen LogP contribution in [0, 0.1) is 0 Å². The standard InChI is InChI=1S/C21H23ClN4O2S/c1-5-28-16-12-10-15(11-13-16)26-19(17-8-6-7-9-18(17)22)23-24-21(26)29-14(2)20(27)25(3)4/h6-14H,5H2,1-4H3. The molecule has 8 heteroatoms. The van der Waals surface area contributed by atoms with E-state index in [2.05, 4.69) is 10.2 Å². The topological polar surface area (TPSA) is 60.2 Å². The van der Waals surface area contributed by atoms with Crippen molar-refractivity contribution in [1.29, 1.82) is 0 Å². The van der Waals surface area contributed by atoms with E-state index in [1.807, 2.05) is 66.9 Å². The molecule has 0 aliphatic rings. The normalized spacial score (nSPS) is 11.9. The molecule has 0 N–H and O–H groups in total. The maximum Gasteiger partial charge on any atom is 0.235 e. The summed E-state index contributed by atoms with van der Waals surface area (Å²) < 4.78 is 7.47. The highest BCUT2D eigenvalue weighted by Crippen LogP contribution is 2.33. The SMILES string of the molecule is CCOc1ccc(-n2c(SC(C)C(=O)N(C)C)nnc2-c2ccccc2Cl)cc1. The Labute approximate surface area is 179 Å². The van der Waals surface area contributed by atoms with Crippen LogP contribution in [0.2, 0.25) is 5.02 Å². The number of hydrogen-bond acceptors (Lipinski definition) is 5. The number of carbonyl (C=O) groups excluding carboxylic acids is 1. The van der Waals surface area contributed by atoms with Crippen molar-refractivity contribution < 1.29 is 9.53 Å². The molecule has 1 unspecified atom stereocenters. The number of halogens is 1. The van der Waals surface area contributed by atoms with Crippen molar-refractivity contribution in [2.24, 2.45) is 0 Å². The Balaban J connectivity index is 2.07. The molecular formula is C21H23ClN4O2S. The average molecular weight is 431 g/mol. The van der Waals surface area contributed by atoms with Gasteiger partial charge in [0.2, 0.25) is 5.91 Å². The van der Waals surface area contributed by atoms with Crippen LogP contribution in [0.3, 0.4) is 0 Å². The number of carbonyl (C=O) groups is 1. The van der Waals surface area contributed by atoms with E-state index in [1.165, 1.54) is 11.8 Å². The highest BCUT2D eigenvalue weighted by molar-refractivity contribution is 8.00. The van der Waals surface area contributed by atoms with Crippen LogP contribution in [0.5, 0.6) is 5.75 Å². The number of aromatic nitrogens is 3. The fourth-order valence-electron chi connectivity index (χ4n) is 2.83. The van der Waals surface area contributed by atoms with Crippen molar-refractivity contribution in [2.75, 3.05) is 20.7 Å². The molecule has 29 heavy (non-hydrogen) atoms. The van der Waals surface area contributed by atoms with Gasteiger partial charge < -0.3 is 9.64 Å². The summed E-state index contributed by atoms with van der Waals surface area (Å²) in [6.07, 6.45) is 0. The lowest BCUT2D eigenvalue weighted by atomic mass is 10.2. The predicted molar refractivity (Wildman–Crippen MR) is 117 cm³/mol. The van der Waals surface area contributed by atoms with Gasteiger partial charge in [0.1, 0.15) is 5.75 Å². The van der Waals surface area contributed by atoms with Gasteiger partial charge in [-0.25, -0.2) is 0 Å². The zero-order valence-corrected chi connectivity index (χ0v) is 18.4. The molecule has 1 atom stereocenters. The number of ether oxygens (including phenoxy) is 1. The Bertz CT molecular complexity index is 989. The Morgan fingerprint density at radius 2 is 1.86 bits per heavy atom. The molecule has 0 aliphatic carbocycles. The van der Waals surface area contributed by atoms with Gasteiger partial charge in [0.05, 0.1) is 16.9 Å². The van der Waals surface area contributed by atoms with Crippen molar-refractivity contribution in [3.63, 3.8) is 0 Å². The largest absolute Gasteiger partial charge is 0.494 e. The average Bonchev–Trinajstić information content (AvgIpc) is 3.11. The second kappa shape index (κ2) is 9.33. The third kappa shape index (κ3) is 4.74. The summed E-state index contributed by atoms with van der Waals surface area (Å²) in [5.74, 6) is 1.41. The molecule has 2 aromatic carbocycles. The van der Waals surface area contributed by atoms with E-state index in [-0.39, 0.29) is 11.2 Å². The highest BCUT2D eigenvalue weighted by Gasteiger charge is 2.23. The fourth-order valence-corrected chi connectivity index (χ4v) is 4.06. The summed E-state index contributed by atoms with van der Waals surface area (Å²) in [6.45, 7) is 4.41. The van der Waals surface area contributed by atoms with Crippen molar-refractivity contribution in [3.8, 4) is 22.8 Å². The van der Waals surface area contributed by atoms with E-state index in [9.17, 15) is 4.79 Å². The summed E-state index contributed by atoms with van der Waals surface area (Å²) in [4.78, 5) is 13.9. The number of nitrogens with zero attached hydrogens (tertiary/aromatic N) is 4. The van der Waals surface area contributed by atoms with E-state index in [4.69, 9.17) is 16.3 Å². The maximum atomic E-state index is 12.4. The Hall–Kier alpha value is -2.51. The van der Waals surface area contributed by atoms with E-state index in [0.29, 0.717) is 22.6 Å². The monoisotopic (exact) mass is 430 g/mol. The molecule has 0 aliphatic heterocycles. The first-order chi connectivity index (χ1) is 13.9. The van der Waals surface area contributed by atoms with Gasteiger partial charge in [0.25, 0.3) is 0 Å². The molecule has 6 nitrogen and oxygen atoms in total. The summed E-state index contributed by atoms with van der Waals surface area (Å²) in [5.41, 5.74) is 1.63. The van der Waals surface area contributed by atoms with E-state index in [0.717, 1.165) is 17.0 Å². The van der Waals surface area contributed by atoms with Crippen LogP contribution in [0.25, 0.3) is 17.1 Å². The number of benzene rings is 2. The predicted octanol–water partition coefficient (Wildman–Crippen LogP) is 4.56. The third-order valence-corrected chi connectivity index (χ3v) is 5.58. The van der Waals surface area contributed by atoms with Crippen LogP contribution >= 0.6 is 23.4 Å². The van der Waals surface area contributed by atoms with Gasteiger partial charge in [-0.1, -0.05) is 35.5 Å². The molecule has 0 radical (unpaired) electrons. The number of amides is 1. The maximum absolute atomic E-state index is 12.4. The van der Waals surface area contributed by atoms with Crippen molar-refractivity contribution in [2.45, 2.75) is 24.3 Å². The molecule has 0 bridgehead atoms. The quantitative estimate of drug-likeness (QED) is 0.514. The van der Waals surface area contributed by atoms with Gasteiger partial charge in [-0.2, -0.15) is 0 Å². The molecule has 3 aromatic rings. The molecule has 1 aromatic heterocycles. The lowest BCUT2D eigenvalue weighted by Crippen LogP contribution is -2.29. The number of rotatable bonds is 7. The lowest BCUT2D eigenvalue weighted by molar-refractivity contribution is -0.127. The minimum absolute atomic E-state index is 0.00976. The van der Waals surface area contributed by atoms with Gasteiger partial charge >= 0.3 is 0 Å². The molecule has 0 saturated carbocycles. The smallest absolute Gasteiger partial charge is 0.235 e. The van der Waals surface area contributed by atoms with Crippen LogP contribution in [0.4, 0.5) is 0 Å². The van der Waals surface area contributed by atoms with E-state index in [1.54, 1.807) is 19.0 Å². The molecule has 0 fully saturated rings. The Morgan fingerprint density at radius 1 is 1.17 bits per heavy atom. The zero-order chi connectivity index (χ0) is 21.0. The molecule has 1 heterocycles. The Kier molecular flexibility index (Phi) is 6.82. The van der Waals surface area contributed by atoms with E-state index >= 15 is 0 Å².